The number of β-amino-alcohol motifs (C(OH)–C–C–N with tert-alkyl or cyclic N) is 1. The van der Waals surface area contributed by atoms with Crippen LogP contribution >= 0.6 is 0 Å². The highest BCUT2D eigenvalue weighted by atomic mass is 16.5. The first kappa shape index (κ1) is 11.9. The maximum atomic E-state index is 11.1. The van der Waals surface area contributed by atoms with Gasteiger partial charge in [-0.05, 0) is 12.1 Å². The summed E-state index contributed by atoms with van der Waals surface area (Å²) in [6.07, 6.45) is -0.848. The van der Waals surface area contributed by atoms with Gasteiger partial charge in [-0.15, -0.1) is 0 Å². The lowest BCUT2D eigenvalue weighted by atomic mass is 10.1. The highest BCUT2D eigenvalue weighted by Gasteiger charge is 2.32. The fourth-order valence-corrected chi connectivity index (χ4v) is 2.12. The van der Waals surface area contributed by atoms with E-state index in [2.05, 4.69) is 0 Å². The first-order valence-corrected chi connectivity index (χ1v) is 5.41. The SMILES string of the molecule is CO[C@H]1CN(c2ccccc2C(=O)O)C[C@@H]1O. The van der Waals surface area contributed by atoms with E-state index in [0.29, 0.717) is 18.8 Å². The molecule has 2 N–H and O–H groups in total. The number of anilines is 1. The van der Waals surface area contributed by atoms with Gasteiger partial charge in [0.05, 0.1) is 17.4 Å². The Morgan fingerprint density at radius 1 is 1.41 bits per heavy atom. The van der Waals surface area contributed by atoms with E-state index < -0.39 is 12.1 Å². The minimum Gasteiger partial charge on any atom is -0.478 e. The number of hydrogen-bond donors (Lipinski definition) is 2. The van der Waals surface area contributed by atoms with Gasteiger partial charge in [0.15, 0.2) is 0 Å². The number of aliphatic hydroxyl groups is 1. The van der Waals surface area contributed by atoms with Crippen LogP contribution in [0.15, 0.2) is 24.3 Å². The summed E-state index contributed by atoms with van der Waals surface area (Å²) < 4.78 is 5.14. The molecule has 92 valence electrons. The Morgan fingerprint density at radius 2 is 2.12 bits per heavy atom. The zero-order valence-electron chi connectivity index (χ0n) is 9.54. The van der Waals surface area contributed by atoms with Crippen molar-refractivity contribution in [2.75, 3.05) is 25.1 Å². The van der Waals surface area contributed by atoms with E-state index in [9.17, 15) is 9.90 Å². The number of aliphatic hydroxyl groups excluding tert-OH is 1. The molecule has 0 spiro atoms. The number of rotatable bonds is 3. The monoisotopic (exact) mass is 237 g/mol. The molecule has 1 saturated heterocycles. The minimum absolute atomic E-state index is 0.247. The van der Waals surface area contributed by atoms with Crippen LogP contribution in [0.3, 0.4) is 0 Å². The summed E-state index contributed by atoms with van der Waals surface area (Å²) in [4.78, 5) is 12.9. The molecular weight excluding hydrogens is 222 g/mol. The van der Waals surface area contributed by atoms with Crippen molar-refractivity contribution in [3.05, 3.63) is 29.8 Å². The fraction of sp³-hybridized carbons (Fsp3) is 0.417. The molecule has 5 heteroatoms. The molecule has 2 atom stereocenters. The first-order chi connectivity index (χ1) is 8.13. The lowest BCUT2D eigenvalue weighted by molar-refractivity contribution is 0.0217. The number of ether oxygens (including phenoxy) is 1. The van der Waals surface area contributed by atoms with Crippen molar-refractivity contribution in [2.45, 2.75) is 12.2 Å². The summed E-state index contributed by atoms with van der Waals surface area (Å²) in [7, 11) is 1.54. The molecule has 0 amide bonds. The molecule has 1 fully saturated rings. The number of hydrogen-bond acceptors (Lipinski definition) is 4. The van der Waals surface area contributed by atoms with Crippen LogP contribution in [0.25, 0.3) is 0 Å². The van der Waals surface area contributed by atoms with Gasteiger partial charge in [0.2, 0.25) is 0 Å². The summed E-state index contributed by atoms with van der Waals surface area (Å²) in [5.74, 6) is -0.962. The van der Waals surface area contributed by atoms with Crippen LogP contribution in [0, 0.1) is 0 Å². The molecule has 1 aliphatic heterocycles. The van der Waals surface area contributed by atoms with E-state index in [1.165, 1.54) is 0 Å². The molecule has 1 aromatic carbocycles. The number of carboxylic acids is 1. The fourth-order valence-electron chi connectivity index (χ4n) is 2.12. The number of benzene rings is 1. The van der Waals surface area contributed by atoms with Gasteiger partial charge >= 0.3 is 5.97 Å². The predicted molar refractivity (Wildman–Crippen MR) is 62.4 cm³/mol. The average Bonchev–Trinajstić information content (AvgIpc) is 2.70. The summed E-state index contributed by atoms with van der Waals surface area (Å²) in [6, 6.07) is 6.78. The van der Waals surface area contributed by atoms with Crippen molar-refractivity contribution in [1.29, 1.82) is 0 Å². The van der Waals surface area contributed by atoms with E-state index in [1.54, 1.807) is 31.4 Å². The second kappa shape index (κ2) is 4.73. The molecular formula is C12H15NO4. The Hall–Kier alpha value is -1.59. The molecule has 5 nitrogen and oxygen atoms in total. The second-order valence-corrected chi connectivity index (χ2v) is 4.07. The van der Waals surface area contributed by atoms with E-state index in [-0.39, 0.29) is 11.7 Å². The second-order valence-electron chi connectivity index (χ2n) is 4.07. The van der Waals surface area contributed by atoms with Crippen molar-refractivity contribution in [3.8, 4) is 0 Å². The topological polar surface area (TPSA) is 70.0 Å². The number of carboxylic acid groups (broad SMARTS) is 1. The van der Waals surface area contributed by atoms with Crippen molar-refractivity contribution in [2.24, 2.45) is 0 Å². The third kappa shape index (κ3) is 2.25. The molecule has 0 unspecified atom stereocenters. The molecule has 1 aliphatic rings. The van der Waals surface area contributed by atoms with Crippen LogP contribution in [-0.2, 0) is 4.74 Å². The summed E-state index contributed by atoms with van der Waals surface area (Å²) in [5, 5.41) is 18.8. The Balaban J connectivity index is 2.27. The maximum absolute atomic E-state index is 11.1. The van der Waals surface area contributed by atoms with Crippen molar-refractivity contribution >= 4 is 11.7 Å². The van der Waals surface area contributed by atoms with E-state index in [1.807, 2.05) is 4.90 Å². The van der Waals surface area contributed by atoms with Crippen LogP contribution in [0.4, 0.5) is 5.69 Å². The Kier molecular flexibility index (Phi) is 3.31. The number of aromatic carboxylic acids is 1. The van der Waals surface area contributed by atoms with Crippen molar-refractivity contribution in [1.82, 2.24) is 0 Å². The summed E-state index contributed by atoms with van der Waals surface area (Å²) in [5.41, 5.74) is 0.870. The average molecular weight is 237 g/mol. The van der Waals surface area contributed by atoms with Crippen LogP contribution in [0.2, 0.25) is 0 Å². The molecule has 1 heterocycles. The lowest BCUT2D eigenvalue weighted by Gasteiger charge is -2.19. The first-order valence-electron chi connectivity index (χ1n) is 5.41. The number of carbonyl (C=O) groups is 1. The zero-order valence-corrected chi connectivity index (χ0v) is 9.54. The normalized spacial score (nSPS) is 24.0. The molecule has 2 rings (SSSR count). The van der Waals surface area contributed by atoms with Crippen molar-refractivity contribution < 1.29 is 19.7 Å². The van der Waals surface area contributed by atoms with Gasteiger partial charge in [0.25, 0.3) is 0 Å². The van der Waals surface area contributed by atoms with Crippen LogP contribution < -0.4 is 4.90 Å². The maximum Gasteiger partial charge on any atom is 0.337 e. The van der Waals surface area contributed by atoms with Crippen LogP contribution in [0.1, 0.15) is 10.4 Å². The third-order valence-electron chi connectivity index (χ3n) is 3.01. The Bertz CT molecular complexity index is 421. The van der Waals surface area contributed by atoms with Gasteiger partial charge in [-0.25, -0.2) is 4.79 Å². The standard InChI is InChI=1S/C12H15NO4/c1-17-11-7-13(6-10(11)14)9-5-3-2-4-8(9)12(15)16/h2-5,10-11,14H,6-7H2,1H3,(H,15,16)/t10-,11-/m0/s1. The molecule has 0 radical (unpaired) electrons. The molecule has 0 saturated carbocycles. The molecule has 17 heavy (non-hydrogen) atoms. The largest absolute Gasteiger partial charge is 0.478 e. The highest BCUT2D eigenvalue weighted by Crippen LogP contribution is 2.25. The van der Waals surface area contributed by atoms with Gasteiger partial charge in [-0.3, -0.25) is 0 Å². The van der Waals surface area contributed by atoms with E-state index >= 15 is 0 Å². The smallest absolute Gasteiger partial charge is 0.337 e. The molecule has 0 aromatic heterocycles. The summed E-state index contributed by atoms with van der Waals surface area (Å²) in [6.45, 7) is 0.894. The molecule has 1 aromatic rings. The predicted octanol–water partition coefficient (Wildman–Crippen LogP) is 0.581. The quantitative estimate of drug-likeness (QED) is 0.804. The van der Waals surface area contributed by atoms with Crippen molar-refractivity contribution in [3.63, 3.8) is 0 Å². The summed E-state index contributed by atoms with van der Waals surface area (Å²) >= 11 is 0. The van der Waals surface area contributed by atoms with Gasteiger partial charge in [0.1, 0.15) is 6.10 Å². The van der Waals surface area contributed by atoms with Gasteiger partial charge in [-0.2, -0.15) is 0 Å². The third-order valence-corrected chi connectivity index (χ3v) is 3.01. The van der Waals surface area contributed by atoms with Gasteiger partial charge in [0, 0.05) is 20.2 Å². The number of para-hydroxylation sites is 1. The minimum atomic E-state index is -0.962. The van der Waals surface area contributed by atoms with Crippen LogP contribution in [-0.4, -0.2) is 48.6 Å². The Labute approximate surface area is 99.2 Å². The number of nitrogens with zero attached hydrogens (tertiary/aromatic N) is 1. The lowest BCUT2D eigenvalue weighted by Crippen LogP contribution is -2.25. The number of methoxy groups -OCH3 is 1. The van der Waals surface area contributed by atoms with E-state index in [0.717, 1.165) is 0 Å². The Morgan fingerprint density at radius 3 is 2.71 bits per heavy atom. The van der Waals surface area contributed by atoms with Gasteiger partial charge < -0.3 is 19.8 Å². The van der Waals surface area contributed by atoms with Gasteiger partial charge in [-0.1, -0.05) is 12.1 Å². The highest BCUT2D eigenvalue weighted by molar-refractivity contribution is 5.94. The molecule has 0 aliphatic carbocycles. The van der Waals surface area contributed by atoms with E-state index in [4.69, 9.17) is 9.84 Å². The molecule has 0 bridgehead atoms. The van der Waals surface area contributed by atoms with Crippen LogP contribution in [0.5, 0.6) is 0 Å². The zero-order chi connectivity index (χ0) is 12.4.